The predicted molar refractivity (Wildman–Crippen MR) is 409 cm³/mol. The van der Waals surface area contributed by atoms with E-state index in [1.807, 2.05) is 0 Å². The SMILES string of the molecule is CCCCCCCCCCCCCCCCC(=O)O[C@H](COC(=O)CCCCCCCCCC(C)C)COP(=O)(O)OC[C@H](O)COP(=O)(O)OC[C@@H](COC(=O)CCCCCCCCCCCCC(C)CC)OC(=O)CCCCCCCCCCCCCCCCCCCCC(C)CC. The lowest BCUT2D eigenvalue weighted by molar-refractivity contribution is -0.161. The molecule has 0 spiro atoms. The number of hydrogen-bond acceptors (Lipinski definition) is 15. The number of phosphoric ester groups is 2. The summed E-state index contributed by atoms with van der Waals surface area (Å²) < 4.78 is 68.7. The molecule has 0 rings (SSSR count). The van der Waals surface area contributed by atoms with Crippen molar-refractivity contribution in [1.29, 1.82) is 0 Å². The van der Waals surface area contributed by atoms with Crippen LogP contribution in [0.2, 0.25) is 0 Å². The molecule has 0 aromatic heterocycles. The molecule has 19 heteroatoms. The first-order chi connectivity index (χ1) is 48.3. The van der Waals surface area contributed by atoms with E-state index in [0.717, 1.165) is 108 Å². The van der Waals surface area contributed by atoms with E-state index in [-0.39, 0.29) is 25.7 Å². The maximum absolute atomic E-state index is 13.1. The second-order valence-corrected chi connectivity index (χ2v) is 33.0. The second-order valence-electron chi connectivity index (χ2n) is 30.1. The Kier molecular flexibility index (Phi) is 69.9. The molecule has 100 heavy (non-hydrogen) atoms. The summed E-state index contributed by atoms with van der Waals surface area (Å²) in [6.07, 6.45) is 59.6. The van der Waals surface area contributed by atoms with Gasteiger partial charge in [0.05, 0.1) is 26.4 Å². The van der Waals surface area contributed by atoms with Gasteiger partial charge >= 0.3 is 39.5 Å². The fraction of sp³-hybridized carbons (Fsp3) is 0.951. The van der Waals surface area contributed by atoms with Crippen LogP contribution in [0.1, 0.15) is 421 Å². The fourth-order valence-corrected chi connectivity index (χ4v) is 14.0. The van der Waals surface area contributed by atoms with E-state index >= 15 is 0 Å². The molecule has 0 radical (unpaired) electrons. The highest BCUT2D eigenvalue weighted by Crippen LogP contribution is 2.45. The molecule has 7 atom stereocenters. The maximum atomic E-state index is 13.1. The zero-order chi connectivity index (χ0) is 73.7. The van der Waals surface area contributed by atoms with Gasteiger partial charge < -0.3 is 33.8 Å². The number of rotatable bonds is 79. The molecule has 0 saturated heterocycles. The second kappa shape index (κ2) is 71.3. The zero-order valence-electron chi connectivity index (χ0n) is 65.7. The number of hydrogen-bond donors (Lipinski definition) is 3. The van der Waals surface area contributed by atoms with Crippen LogP contribution >= 0.6 is 15.6 Å². The van der Waals surface area contributed by atoms with Crippen LogP contribution < -0.4 is 0 Å². The lowest BCUT2D eigenvalue weighted by Gasteiger charge is -2.21. The van der Waals surface area contributed by atoms with Crippen molar-refractivity contribution >= 4 is 39.5 Å². The summed E-state index contributed by atoms with van der Waals surface area (Å²) in [6, 6.07) is 0. The third-order valence-electron chi connectivity index (χ3n) is 19.6. The van der Waals surface area contributed by atoms with E-state index in [4.69, 9.17) is 37.0 Å². The van der Waals surface area contributed by atoms with Gasteiger partial charge in [-0.05, 0) is 43.4 Å². The molecular weight excluding hydrogens is 1310 g/mol. The van der Waals surface area contributed by atoms with Gasteiger partial charge in [-0.15, -0.1) is 0 Å². The topological polar surface area (TPSA) is 237 Å². The Morgan fingerprint density at radius 3 is 0.760 bits per heavy atom. The van der Waals surface area contributed by atoms with Crippen molar-refractivity contribution in [3.05, 3.63) is 0 Å². The summed E-state index contributed by atoms with van der Waals surface area (Å²) in [5, 5.41) is 10.6. The van der Waals surface area contributed by atoms with Crippen molar-refractivity contribution < 1.29 is 80.2 Å². The first-order valence-electron chi connectivity index (χ1n) is 41.9. The molecule has 0 aliphatic carbocycles. The Bertz CT molecular complexity index is 1940. The molecule has 0 saturated carbocycles. The molecule has 3 N–H and O–H groups in total. The molecule has 4 unspecified atom stereocenters. The smallest absolute Gasteiger partial charge is 0.462 e. The number of carbonyl (C=O) groups is 4. The molecular formula is C81H158O17P2. The van der Waals surface area contributed by atoms with Gasteiger partial charge in [-0.2, -0.15) is 0 Å². The first kappa shape index (κ1) is 98.1. The number of aliphatic hydroxyl groups is 1. The number of ether oxygens (including phenoxy) is 4. The largest absolute Gasteiger partial charge is 0.472 e. The zero-order valence-corrected chi connectivity index (χ0v) is 67.5. The van der Waals surface area contributed by atoms with E-state index < -0.39 is 97.5 Å². The van der Waals surface area contributed by atoms with Crippen LogP contribution in [0.4, 0.5) is 0 Å². The van der Waals surface area contributed by atoms with E-state index in [9.17, 15) is 43.2 Å². The Morgan fingerprint density at radius 1 is 0.290 bits per heavy atom. The Balaban J connectivity index is 5.21. The van der Waals surface area contributed by atoms with Gasteiger partial charge in [0.25, 0.3) is 0 Å². The van der Waals surface area contributed by atoms with Gasteiger partial charge in [0, 0.05) is 25.7 Å². The van der Waals surface area contributed by atoms with Crippen LogP contribution in [0.3, 0.4) is 0 Å². The minimum atomic E-state index is -4.96. The Hall–Kier alpha value is -1.94. The molecule has 594 valence electrons. The molecule has 0 bridgehead atoms. The maximum Gasteiger partial charge on any atom is 0.472 e. The number of carbonyl (C=O) groups excluding carboxylic acids is 4. The third-order valence-corrected chi connectivity index (χ3v) is 21.5. The Labute approximate surface area is 613 Å². The number of esters is 4. The van der Waals surface area contributed by atoms with Gasteiger partial charge in [-0.25, -0.2) is 9.13 Å². The summed E-state index contributed by atoms with van der Waals surface area (Å²) >= 11 is 0. The van der Waals surface area contributed by atoms with E-state index in [1.165, 1.54) is 225 Å². The van der Waals surface area contributed by atoms with Crippen LogP contribution in [0.15, 0.2) is 0 Å². The summed E-state index contributed by atoms with van der Waals surface area (Å²) in [5.74, 6) is 0.274. The summed E-state index contributed by atoms with van der Waals surface area (Å²) in [4.78, 5) is 73.0. The lowest BCUT2D eigenvalue weighted by Crippen LogP contribution is -2.30. The van der Waals surface area contributed by atoms with Crippen molar-refractivity contribution in [3.63, 3.8) is 0 Å². The van der Waals surface area contributed by atoms with E-state index in [1.54, 1.807) is 0 Å². The van der Waals surface area contributed by atoms with Gasteiger partial charge in [0.15, 0.2) is 12.2 Å². The van der Waals surface area contributed by atoms with Crippen LogP contribution in [0.5, 0.6) is 0 Å². The van der Waals surface area contributed by atoms with E-state index in [0.29, 0.717) is 31.6 Å². The van der Waals surface area contributed by atoms with Gasteiger partial charge in [0.2, 0.25) is 0 Å². The quantitative estimate of drug-likeness (QED) is 0.0222. The summed E-state index contributed by atoms with van der Waals surface area (Å²) in [6.45, 7) is 12.0. The molecule has 0 fully saturated rings. The average Bonchev–Trinajstić information content (AvgIpc) is 1.07. The van der Waals surface area contributed by atoms with Crippen molar-refractivity contribution in [1.82, 2.24) is 0 Å². The number of unbranched alkanes of at least 4 members (excludes halogenated alkanes) is 45. The monoisotopic (exact) mass is 1470 g/mol. The molecule has 0 aliphatic heterocycles. The van der Waals surface area contributed by atoms with Crippen molar-refractivity contribution in [2.24, 2.45) is 17.8 Å². The van der Waals surface area contributed by atoms with Gasteiger partial charge in [-0.1, -0.05) is 370 Å². The molecule has 0 aliphatic rings. The molecule has 0 heterocycles. The van der Waals surface area contributed by atoms with Crippen molar-refractivity contribution in [2.75, 3.05) is 39.6 Å². The van der Waals surface area contributed by atoms with Crippen LogP contribution in [-0.2, 0) is 65.4 Å². The minimum absolute atomic E-state index is 0.107. The summed E-state index contributed by atoms with van der Waals surface area (Å²) in [7, 11) is -9.92. The van der Waals surface area contributed by atoms with Crippen LogP contribution in [0, 0.1) is 17.8 Å². The average molecular weight is 1470 g/mol. The number of aliphatic hydroxyl groups excluding tert-OH is 1. The standard InChI is InChI=1S/C81H158O17P2/c1-8-11-12-13-14-15-16-17-25-28-35-42-50-57-64-81(86)98-77(69-92-79(84)63-56-49-44-37-38-45-52-59-72(4)5)71-96-100(89,90)94-67-75(82)66-93-99(87,88)95-70-76(68-91-78(83)62-55-48-41-34-31-30-33-40-47-54-61-74(7)10-3)97-80(85)65-58-51-43-36-29-26-23-21-19-18-20-22-24-27-32-39-46-53-60-73(6)9-2/h72-77,82H,8-71H2,1-7H3,(H,87,88)(H,89,90)/t73?,74?,75-,76-,77-/m1/s1. The van der Waals surface area contributed by atoms with Crippen LogP contribution in [0.25, 0.3) is 0 Å². The molecule has 0 aromatic rings. The highest BCUT2D eigenvalue weighted by Gasteiger charge is 2.30. The lowest BCUT2D eigenvalue weighted by atomic mass is 9.99. The number of phosphoric acid groups is 2. The molecule has 17 nitrogen and oxygen atoms in total. The van der Waals surface area contributed by atoms with Crippen molar-refractivity contribution in [3.8, 4) is 0 Å². The minimum Gasteiger partial charge on any atom is -0.462 e. The predicted octanol–water partition coefficient (Wildman–Crippen LogP) is 24.1. The van der Waals surface area contributed by atoms with E-state index in [2.05, 4.69) is 48.5 Å². The van der Waals surface area contributed by atoms with Crippen LogP contribution in [-0.4, -0.2) is 96.7 Å². The highest BCUT2D eigenvalue weighted by atomic mass is 31.2. The Morgan fingerprint density at radius 2 is 0.510 bits per heavy atom. The fourth-order valence-electron chi connectivity index (χ4n) is 12.4. The van der Waals surface area contributed by atoms with Gasteiger partial charge in [-0.3, -0.25) is 37.3 Å². The normalized spacial score (nSPS) is 14.5. The van der Waals surface area contributed by atoms with Gasteiger partial charge in [0.1, 0.15) is 19.3 Å². The first-order valence-corrected chi connectivity index (χ1v) is 44.9. The molecule has 0 amide bonds. The third kappa shape index (κ3) is 71.7. The molecule has 0 aromatic carbocycles. The summed E-state index contributed by atoms with van der Waals surface area (Å²) in [5.41, 5.74) is 0. The van der Waals surface area contributed by atoms with Crippen molar-refractivity contribution in [2.45, 2.75) is 439 Å². The highest BCUT2D eigenvalue weighted by molar-refractivity contribution is 7.47.